The zero-order valence-corrected chi connectivity index (χ0v) is 12.4. The maximum Gasteiger partial charge on any atom is 0.405 e. The molecule has 0 fully saturated rings. The number of aliphatic hydroxyl groups excluding tert-OH is 1. The minimum atomic E-state index is -1.49. The molecule has 0 saturated heterocycles. The van der Waals surface area contributed by atoms with E-state index in [-0.39, 0.29) is 12.2 Å². The van der Waals surface area contributed by atoms with Gasteiger partial charge in [-0.25, -0.2) is 4.79 Å². The maximum absolute atomic E-state index is 12.0. The molecular weight excluding hydrogens is 306 g/mol. The van der Waals surface area contributed by atoms with Crippen molar-refractivity contribution in [2.24, 2.45) is 5.73 Å². The van der Waals surface area contributed by atoms with Gasteiger partial charge in [-0.15, -0.1) is 0 Å². The lowest BCUT2D eigenvalue weighted by molar-refractivity contribution is -0.130. The van der Waals surface area contributed by atoms with Crippen LogP contribution in [0.25, 0.3) is 0 Å². The summed E-state index contributed by atoms with van der Waals surface area (Å²) >= 11 is 0. The molecule has 0 spiro atoms. The van der Waals surface area contributed by atoms with Crippen molar-refractivity contribution in [1.29, 1.82) is 0 Å². The minimum Gasteiger partial charge on any atom is -0.508 e. The molecule has 9 nitrogen and oxygen atoms in total. The maximum atomic E-state index is 12.0. The molecule has 0 radical (unpaired) electrons. The first-order valence-corrected chi connectivity index (χ1v) is 6.76. The number of hydrogen-bond donors (Lipinski definition) is 6. The van der Waals surface area contributed by atoms with Gasteiger partial charge in [0.2, 0.25) is 11.8 Å². The summed E-state index contributed by atoms with van der Waals surface area (Å²) in [6, 6.07) is 3.41. The first kappa shape index (κ1) is 18.2. The van der Waals surface area contributed by atoms with Crippen LogP contribution in [-0.4, -0.2) is 51.4 Å². The lowest BCUT2D eigenvalue weighted by Gasteiger charge is -2.22. The van der Waals surface area contributed by atoms with Gasteiger partial charge in [0.1, 0.15) is 17.8 Å². The third kappa shape index (κ3) is 5.83. The first-order valence-electron chi connectivity index (χ1n) is 6.76. The summed E-state index contributed by atoms with van der Waals surface area (Å²) < 4.78 is 0. The molecule has 7 N–H and O–H groups in total. The molecular formula is C14H19N3O6. The third-order valence-corrected chi connectivity index (χ3v) is 3.08. The molecule has 0 aliphatic rings. The van der Waals surface area contributed by atoms with Crippen LogP contribution in [0.4, 0.5) is 4.79 Å². The quantitative estimate of drug-likeness (QED) is 0.373. The van der Waals surface area contributed by atoms with Crippen LogP contribution in [0.5, 0.6) is 5.75 Å². The summed E-state index contributed by atoms with van der Waals surface area (Å²) in [6.07, 6.45) is -2.73. The van der Waals surface area contributed by atoms with E-state index >= 15 is 0 Å². The second-order valence-electron chi connectivity index (χ2n) is 5.00. The number of carbonyl (C=O) groups excluding carboxylic acids is 2. The van der Waals surface area contributed by atoms with E-state index in [2.05, 4.69) is 5.32 Å². The van der Waals surface area contributed by atoms with Gasteiger partial charge in [-0.2, -0.15) is 0 Å². The molecule has 0 aromatic heterocycles. The SMILES string of the molecule is CC(O)C(NC(=O)O)C(=O)NC(Cc1ccc(O)cc1)C(N)=O. The molecule has 1 rings (SSSR count). The average molecular weight is 325 g/mol. The van der Waals surface area contributed by atoms with Gasteiger partial charge in [0.15, 0.2) is 0 Å². The van der Waals surface area contributed by atoms with E-state index in [1.54, 1.807) is 12.1 Å². The minimum absolute atomic E-state index is 0.0493. The summed E-state index contributed by atoms with van der Waals surface area (Å²) in [5, 5.41) is 31.5. The zero-order chi connectivity index (χ0) is 17.6. The highest BCUT2D eigenvalue weighted by molar-refractivity contribution is 5.91. The Bertz CT molecular complexity index is 572. The van der Waals surface area contributed by atoms with Gasteiger partial charge < -0.3 is 31.7 Å². The van der Waals surface area contributed by atoms with Crippen LogP contribution in [0.2, 0.25) is 0 Å². The van der Waals surface area contributed by atoms with Gasteiger partial charge in [0.25, 0.3) is 0 Å². The van der Waals surface area contributed by atoms with Crippen molar-refractivity contribution >= 4 is 17.9 Å². The van der Waals surface area contributed by atoms with E-state index < -0.39 is 36.1 Å². The number of primary amides is 1. The Morgan fingerprint density at radius 1 is 1.17 bits per heavy atom. The van der Waals surface area contributed by atoms with Crippen molar-refractivity contribution < 1.29 is 29.7 Å². The van der Waals surface area contributed by atoms with Crippen molar-refractivity contribution in [3.63, 3.8) is 0 Å². The number of benzene rings is 1. The van der Waals surface area contributed by atoms with E-state index in [1.807, 2.05) is 5.32 Å². The van der Waals surface area contributed by atoms with Crippen LogP contribution in [0, 0.1) is 0 Å². The molecule has 126 valence electrons. The molecule has 0 aliphatic heterocycles. The Balaban J connectivity index is 2.81. The second kappa shape index (κ2) is 7.99. The van der Waals surface area contributed by atoms with Crippen LogP contribution in [0.15, 0.2) is 24.3 Å². The topological polar surface area (TPSA) is 162 Å². The van der Waals surface area contributed by atoms with E-state index in [9.17, 15) is 24.6 Å². The van der Waals surface area contributed by atoms with Gasteiger partial charge in [-0.3, -0.25) is 9.59 Å². The van der Waals surface area contributed by atoms with Gasteiger partial charge in [0.05, 0.1) is 6.10 Å². The van der Waals surface area contributed by atoms with Crippen molar-refractivity contribution in [3.05, 3.63) is 29.8 Å². The van der Waals surface area contributed by atoms with Crippen LogP contribution in [0.1, 0.15) is 12.5 Å². The van der Waals surface area contributed by atoms with Crippen LogP contribution in [-0.2, 0) is 16.0 Å². The van der Waals surface area contributed by atoms with Crippen molar-refractivity contribution in [2.45, 2.75) is 31.5 Å². The summed E-state index contributed by atoms with van der Waals surface area (Å²) in [6.45, 7) is 1.24. The molecule has 0 saturated carbocycles. The Kier molecular flexibility index (Phi) is 6.34. The number of hydrogen-bond acceptors (Lipinski definition) is 5. The molecule has 3 amide bonds. The number of phenols is 1. The van der Waals surface area contributed by atoms with E-state index in [1.165, 1.54) is 19.1 Å². The van der Waals surface area contributed by atoms with Crippen molar-refractivity contribution in [2.75, 3.05) is 0 Å². The van der Waals surface area contributed by atoms with E-state index in [0.717, 1.165) is 0 Å². The Labute approximate surface area is 132 Å². The summed E-state index contributed by atoms with van der Waals surface area (Å²) in [5.41, 5.74) is 5.87. The number of amides is 3. The number of nitrogens with two attached hydrogens (primary N) is 1. The van der Waals surface area contributed by atoms with Gasteiger partial charge in [-0.1, -0.05) is 12.1 Å². The predicted octanol–water partition coefficient (Wildman–Crippen LogP) is -1.08. The fraction of sp³-hybridized carbons (Fsp3) is 0.357. The predicted molar refractivity (Wildman–Crippen MR) is 79.6 cm³/mol. The van der Waals surface area contributed by atoms with E-state index in [4.69, 9.17) is 10.8 Å². The molecule has 0 aliphatic carbocycles. The van der Waals surface area contributed by atoms with Gasteiger partial charge >= 0.3 is 6.09 Å². The smallest absolute Gasteiger partial charge is 0.405 e. The molecule has 9 heteroatoms. The largest absolute Gasteiger partial charge is 0.508 e. The third-order valence-electron chi connectivity index (χ3n) is 3.08. The molecule has 3 atom stereocenters. The molecule has 0 bridgehead atoms. The Morgan fingerprint density at radius 2 is 1.74 bits per heavy atom. The molecule has 1 aromatic carbocycles. The first-order chi connectivity index (χ1) is 10.7. The fourth-order valence-electron chi connectivity index (χ4n) is 1.89. The number of carboxylic acid groups (broad SMARTS) is 1. The van der Waals surface area contributed by atoms with E-state index in [0.29, 0.717) is 5.56 Å². The molecule has 3 unspecified atom stereocenters. The molecule has 23 heavy (non-hydrogen) atoms. The lowest BCUT2D eigenvalue weighted by atomic mass is 10.0. The highest BCUT2D eigenvalue weighted by atomic mass is 16.4. The number of aromatic hydroxyl groups is 1. The van der Waals surface area contributed by atoms with Crippen molar-refractivity contribution in [1.82, 2.24) is 10.6 Å². The zero-order valence-electron chi connectivity index (χ0n) is 12.4. The number of nitrogens with one attached hydrogen (secondary N) is 2. The van der Waals surface area contributed by atoms with Gasteiger partial charge in [-0.05, 0) is 24.6 Å². The van der Waals surface area contributed by atoms with Gasteiger partial charge in [0, 0.05) is 6.42 Å². The summed E-state index contributed by atoms with van der Waals surface area (Å²) in [4.78, 5) is 34.2. The highest BCUT2D eigenvalue weighted by Crippen LogP contribution is 2.11. The molecule has 1 aromatic rings. The highest BCUT2D eigenvalue weighted by Gasteiger charge is 2.29. The molecule has 0 heterocycles. The average Bonchev–Trinajstić information content (AvgIpc) is 2.45. The van der Waals surface area contributed by atoms with Crippen LogP contribution < -0.4 is 16.4 Å². The summed E-state index contributed by atoms with van der Waals surface area (Å²) in [7, 11) is 0. The van der Waals surface area contributed by atoms with Crippen LogP contribution in [0.3, 0.4) is 0 Å². The lowest BCUT2D eigenvalue weighted by Crippen LogP contribution is -2.56. The normalized spacial score (nSPS) is 14.3. The van der Waals surface area contributed by atoms with Crippen LogP contribution >= 0.6 is 0 Å². The number of aliphatic hydroxyl groups is 1. The summed E-state index contributed by atoms with van der Waals surface area (Å²) in [5.74, 6) is -1.63. The number of phenolic OH excluding ortho intramolecular Hbond substituents is 1. The standard InChI is InChI=1S/C14H19N3O6/c1-7(18)11(17-14(22)23)13(21)16-10(12(15)20)6-8-2-4-9(19)5-3-8/h2-5,7,10-11,17-19H,6H2,1H3,(H2,15,20)(H,16,21)(H,22,23). The number of rotatable bonds is 7. The Morgan fingerprint density at radius 3 is 2.17 bits per heavy atom. The monoisotopic (exact) mass is 325 g/mol. The second-order valence-corrected chi connectivity index (χ2v) is 5.00. The fourth-order valence-corrected chi connectivity index (χ4v) is 1.89. The Hall–Kier alpha value is -2.81. The van der Waals surface area contributed by atoms with Crippen molar-refractivity contribution in [3.8, 4) is 5.75 Å². The number of carbonyl (C=O) groups is 3.